The molecule has 0 atom stereocenters. The standard InChI is InChI=1S/C11H10F3N3O2/c1-4-6(3-18)8(11(12,13)14)17-9-7(4)10(19)16-5(2)15-9/h18H,3H2,1-2H3,(H,15,16,17,19). The first-order valence-corrected chi connectivity index (χ1v) is 5.34. The second kappa shape index (κ2) is 4.30. The van der Waals surface area contributed by atoms with E-state index in [0.717, 1.165) is 0 Å². The van der Waals surface area contributed by atoms with E-state index < -0.39 is 29.6 Å². The molecule has 8 heteroatoms. The van der Waals surface area contributed by atoms with Gasteiger partial charge in [0.25, 0.3) is 5.56 Å². The fourth-order valence-corrected chi connectivity index (χ4v) is 1.92. The van der Waals surface area contributed by atoms with Gasteiger partial charge < -0.3 is 10.1 Å². The van der Waals surface area contributed by atoms with E-state index in [0.29, 0.717) is 0 Å². The van der Waals surface area contributed by atoms with Crippen LogP contribution in [0.3, 0.4) is 0 Å². The molecule has 2 rings (SSSR count). The largest absolute Gasteiger partial charge is 0.433 e. The Labute approximate surface area is 105 Å². The van der Waals surface area contributed by atoms with Crippen molar-refractivity contribution in [2.24, 2.45) is 0 Å². The molecule has 0 aliphatic rings. The normalized spacial score (nSPS) is 12.1. The number of aromatic amines is 1. The van der Waals surface area contributed by atoms with E-state index in [9.17, 15) is 18.0 Å². The van der Waals surface area contributed by atoms with E-state index in [2.05, 4.69) is 15.0 Å². The van der Waals surface area contributed by atoms with Crippen LogP contribution in [-0.2, 0) is 12.8 Å². The first-order valence-electron chi connectivity index (χ1n) is 5.34. The van der Waals surface area contributed by atoms with Crippen molar-refractivity contribution in [1.29, 1.82) is 0 Å². The highest BCUT2D eigenvalue weighted by atomic mass is 19.4. The summed E-state index contributed by atoms with van der Waals surface area (Å²) in [6.45, 7) is 1.93. The number of aryl methyl sites for hydroxylation is 2. The Hall–Kier alpha value is -1.96. The molecule has 0 spiro atoms. The third-order valence-corrected chi connectivity index (χ3v) is 2.78. The molecular weight excluding hydrogens is 263 g/mol. The molecule has 0 aliphatic heterocycles. The zero-order valence-electron chi connectivity index (χ0n) is 10.1. The number of hydrogen-bond donors (Lipinski definition) is 2. The van der Waals surface area contributed by atoms with Crippen LogP contribution in [0, 0.1) is 13.8 Å². The number of aliphatic hydroxyl groups is 1. The lowest BCUT2D eigenvalue weighted by Gasteiger charge is -2.14. The monoisotopic (exact) mass is 273 g/mol. The molecule has 2 aromatic heterocycles. The van der Waals surface area contributed by atoms with Gasteiger partial charge in [0.1, 0.15) is 5.82 Å². The molecule has 0 saturated carbocycles. The number of aromatic nitrogens is 3. The molecule has 2 heterocycles. The average Bonchev–Trinajstić information content (AvgIpc) is 2.26. The number of nitrogens with one attached hydrogen (secondary N) is 1. The van der Waals surface area contributed by atoms with Crippen molar-refractivity contribution >= 4 is 11.0 Å². The second-order valence-electron chi connectivity index (χ2n) is 4.07. The van der Waals surface area contributed by atoms with E-state index in [1.165, 1.54) is 13.8 Å². The maximum Gasteiger partial charge on any atom is 0.433 e. The minimum absolute atomic E-state index is 0.0357. The van der Waals surface area contributed by atoms with Crippen LogP contribution in [-0.4, -0.2) is 20.1 Å². The molecule has 0 amide bonds. The third-order valence-electron chi connectivity index (χ3n) is 2.78. The third kappa shape index (κ3) is 2.19. The number of hydrogen-bond acceptors (Lipinski definition) is 4. The number of pyridine rings is 1. The number of nitrogens with zero attached hydrogens (tertiary/aromatic N) is 2. The number of H-pyrrole nitrogens is 1. The minimum atomic E-state index is -4.71. The van der Waals surface area contributed by atoms with Crippen molar-refractivity contribution < 1.29 is 18.3 Å². The maximum atomic E-state index is 12.9. The lowest BCUT2D eigenvalue weighted by Crippen LogP contribution is -2.19. The van der Waals surface area contributed by atoms with Crippen LogP contribution >= 0.6 is 0 Å². The lowest BCUT2D eigenvalue weighted by molar-refractivity contribution is -0.142. The summed E-state index contributed by atoms with van der Waals surface area (Å²) in [5.74, 6) is 0.175. The van der Waals surface area contributed by atoms with Crippen molar-refractivity contribution in [2.45, 2.75) is 26.6 Å². The highest BCUT2D eigenvalue weighted by Gasteiger charge is 2.37. The second-order valence-corrected chi connectivity index (χ2v) is 4.07. The average molecular weight is 273 g/mol. The smallest absolute Gasteiger partial charge is 0.392 e. The van der Waals surface area contributed by atoms with Gasteiger partial charge in [0.2, 0.25) is 0 Å². The Kier molecular flexibility index (Phi) is 3.05. The minimum Gasteiger partial charge on any atom is -0.392 e. The molecule has 0 aromatic carbocycles. The first kappa shape index (κ1) is 13.5. The van der Waals surface area contributed by atoms with Gasteiger partial charge in [-0.25, -0.2) is 9.97 Å². The number of aliphatic hydroxyl groups excluding tert-OH is 1. The van der Waals surface area contributed by atoms with Crippen LogP contribution in [0.15, 0.2) is 4.79 Å². The summed E-state index contributed by atoms with van der Waals surface area (Å²) in [5, 5.41) is 9.06. The molecule has 5 nitrogen and oxygen atoms in total. The summed E-state index contributed by atoms with van der Waals surface area (Å²) in [4.78, 5) is 21.3. The van der Waals surface area contributed by atoms with Crippen molar-refractivity contribution in [3.8, 4) is 0 Å². The zero-order chi connectivity index (χ0) is 14.4. The predicted molar refractivity (Wildman–Crippen MR) is 60.6 cm³/mol. The van der Waals surface area contributed by atoms with Gasteiger partial charge in [0, 0.05) is 5.56 Å². The fourth-order valence-electron chi connectivity index (χ4n) is 1.92. The van der Waals surface area contributed by atoms with E-state index in [1.807, 2.05) is 0 Å². The van der Waals surface area contributed by atoms with Gasteiger partial charge in [-0.15, -0.1) is 0 Å². The molecule has 102 valence electrons. The first-order chi connectivity index (χ1) is 8.75. The summed E-state index contributed by atoms with van der Waals surface area (Å²) >= 11 is 0. The highest BCUT2D eigenvalue weighted by Crippen LogP contribution is 2.33. The molecule has 0 saturated heterocycles. The summed E-state index contributed by atoms with van der Waals surface area (Å²) < 4.78 is 38.6. The molecule has 0 bridgehead atoms. The van der Waals surface area contributed by atoms with Crippen molar-refractivity contribution in [3.63, 3.8) is 0 Å². The van der Waals surface area contributed by atoms with Crippen molar-refractivity contribution in [1.82, 2.24) is 15.0 Å². The SMILES string of the molecule is Cc1nc2nc(C(F)(F)F)c(CO)c(C)c2c(=O)[nH]1. The Morgan fingerprint density at radius 2 is 1.89 bits per heavy atom. The van der Waals surface area contributed by atoms with E-state index in [1.54, 1.807) is 0 Å². The molecule has 2 aromatic rings. The van der Waals surface area contributed by atoms with Gasteiger partial charge in [-0.1, -0.05) is 0 Å². The summed E-state index contributed by atoms with van der Waals surface area (Å²) in [7, 11) is 0. The molecule has 0 fully saturated rings. The number of fused-ring (bicyclic) bond motifs is 1. The summed E-state index contributed by atoms with van der Waals surface area (Å²) in [5.41, 5.74) is -2.43. The van der Waals surface area contributed by atoms with Crippen molar-refractivity contribution in [2.75, 3.05) is 0 Å². The Balaban J connectivity index is 2.98. The molecule has 0 aliphatic carbocycles. The summed E-state index contributed by atoms with van der Waals surface area (Å²) in [6.07, 6.45) is -4.71. The van der Waals surface area contributed by atoms with Crippen molar-refractivity contribution in [3.05, 3.63) is 33.0 Å². The topological polar surface area (TPSA) is 78.9 Å². The van der Waals surface area contributed by atoms with Gasteiger partial charge in [0.15, 0.2) is 11.3 Å². The summed E-state index contributed by atoms with van der Waals surface area (Å²) in [6, 6.07) is 0. The Morgan fingerprint density at radius 3 is 2.42 bits per heavy atom. The highest BCUT2D eigenvalue weighted by molar-refractivity contribution is 5.79. The Bertz CT molecular complexity index is 707. The van der Waals surface area contributed by atoms with Crippen LogP contribution in [0.5, 0.6) is 0 Å². The van der Waals surface area contributed by atoms with E-state index in [-0.39, 0.29) is 22.4 Å². The zero-order valence-corrected chi connectivity index (χ0v) is 10.1. The fraction of sp³-hybridized carbons (Fsp3) is 0.364. The van der Waals surface area contributed by atoms with Gasteiger partial charge in [-0.3, -0.25) is 4.79 Å². The van der Waals surface area contributed by atoms with E-state index >= 15 is 0 Å². The van der Waals surface area contributed by atoms with Gasteiger partial charge in [-0.05, 0) is 19.4 Å². The number of halogens is 3. The number of rotatable bonds is 1. The lowest BCUT2D eigenvalue weighted by atomic mass is 10.0. The molecular formula is C11H10F3N3O2. The van der Waals surface area contributed by atoms with Crippen LogP contribution in [0.4, 0.5) is 13.2 Å². The number of alkyl halides is 3. The van der Waals surface area contributed by atoms with Gasteiger partial charge >= 0.3 is 6.18 Å². The maximum absolute atomic E-state index is 12.9. The van der Waals surface area contributed by atoms with Crippen LogP contribution in [0.2, 0.25) is 0 Å². The predicted octanol–water partition coefficient (Wildman–Crippen LogP) is 1.45. The van der Waals surface area contributed by atoms with Gasteiger partial charge in [-0.2, -0.15) is 13.2 Å². The van der Waals surface area contributed by atoms with Crippen LogP contribution < -0.4 is 5.56 Å². The molecule has 19 heavy (non-hydrogen) atoms. The van der Waals surface area contributed by atoms with E-state index in [4.69, 9.17) is 5.11 Å². The quantitative estimate of drug-likeness (QED) is 0.824. The molecule has 0 radical (unpaired) electrons. The van der Waals surface area contributed by atoms with Crippen LogP contribution in [0.25, 0.3) is 11.0 Å². The van der Waals surface area contributed by atoms with Gasteiger partial charge in [0.05, 0.1) is 12.0 Å². The Morgan fingerprint density at radius 1 is 1.26 bits per heavy atom. The van der Waals surface area contributed by atoms with Crippen LogP contribution in [0.1, 0.15) is 22.6 Å². The molecule has 2 N–H and O–H groups in total. The molecule has 0 unspecified atom stereocenters.